The number of alkyl halides is 2. The number of hydrogen-bond donors (Lipinski definition) is 1. The van der Waals surface area contributed by atoms with Crippen LogP contribution in [-0.4, -0.2) is 12.6 Å². The fraction of sp³-hybridized carbons (Fsp3) is 0.417. The average molecular weight is 243 g/mol. The maximum Gasteiger partial charge on any atom is 0.382 e. The second kappa shape index (κ2) is 5.12. The van der Waals surface area contributed by atoms with Crippen molar-refractivity contribution < 1.29 is 18.3 Å². The minimum Gasteiger partial charge on any atom is -0.461 e. The Hall–Kier alpha value is -1.65. The van der Waals surface area contributed by atoms with Crippen molar-refractivity contribution in [2.45, 2.75) is 26.2 Å². The summed E-state index contributed by atoms with van der Waals surface area (Å²) in [4.78, 5) is 11.2. The molecule has 0 bridgehead atoms. The van der Waals surface area contributed by atoms with E-state index in [2.05, 4.69) is 4.74 Å². The van der Waals surface area contributed by atoms with Gasteiger partial charge < -0.3 is 10.5 Å². The molecule has 0 heterocycles. The first-order valence-electron chi connectivity index (χ1n) is 5.37. The smallest absolute Gasteiger partial charge is 0.382 e. The first-order valence-corrected chi connectivity index (χ1v) is 5.37. The van der Waals surface area contributed by atoms with Crippen LogP contribution in [0.2, 0.25) is 0 Å². The molecular formula is C12H15F2NO2. The average Bonchev–Trinajstić information content (AvgIpc) is 2.29. The van der Waals surface area contributed by atoms with Crippen LogP contribution in [0.1, 0.15) is 25.0 Å². The van der Waals surface area contributed by atoms with Gasteiger partial charge in [0.1, 0.15) is 0 Å². The molecule has 94 valence electrons. The first-order chi connectivity index (χ1) is 7.93. The number of ether oxygens (including phenoxy) is 1. The third kappa shape index (κ3) is 2.72. The van der Waals surface area contributed by atoms with Crippen LogP contribution in [0.5, 0.6) is 0 Å². The van der Waals surface area contributed by atoms with Gasteiger partial charge in [0.25, 0.3) is 0 Å². The Morgan fingerprint density at radius 3 is 2.59 bits per heavy atom. The van der Waals surface area contributed by atoms with E-state index in [4.69, 9.17) is 5.73 Å². The second-order valence-corrected chi connectivity index (χ2v) is 3.57. The van der Waals surface area contributed by atoms with Crippen LogP contribution < -0.4 is 5.73 Å². The van der Waals surface area contributed by atoms with E-state index in [1.807, 2.05) is 6.92 Å². The summed E-state index contributed by atoms with van der Waals surface area (Å²) >= 11 is 0. The highest BCUT2D eigenvalue weighted by molar-refractivity contribution is 5.81. The van der Waals surface area contributed by atoms with Crippen molar-refractivity contribution in [1.82, 2.24) is 0 Å². The summed E-state index contributed by atoms with van der Waals surface area (Å²) < 4.78 is 31.9. The van der Waals surface area contributed by atoms with Crippen LogP contribution in [0.4, 0.5) is 14.5 Å². The number of anilines is 1. The zero-order valence-corrected chi connectivity index (χ0v) is 9.80. The molecule has 2 N–H and O–H groups in total. The number of nitrogens with two attached hydrogens (primary N) is 1. The molecule has 0 radical (unpaired) electrons. The van der Waals surface area contributed by atoms with Crippen LogP contribution in [0, 0.1) is 0 Å². The Labute approximate surface area is 98.6 Å². The van der Waals surface area contributed by atoms with E-state index >= 15 is 0 Å². The molecule has 0 aliphatic heterocycles. The van der Waals surface area contributed by atoms with Gasteiger partial charge in [-0.1, -0.05) is 13.0 Å². The van der Waals surface area contributed by atoms with Gasteiger partial charge in [0.2, 0.25) is 0 Å². The van der Waals surface area contributed by atoms with Gasteiger partial charge in [0, 0.05) is 5.69 Å². The SMILES string of the molecule is CCOC(=O)C(F)(F)c1cc(CC)ccc1N. The molecule has 0 saturated carbocycles. The van der Waals surface area contributed by atoms with E-state index in [1.165, 1.54) is 19.1 Å². The van der Waals surface area contributed by atoms with Crippen molar-refractivity contribution in [3.05, 3.63) is 29.3 Å². The molecule has 0 aliphatic rings. The lowest BCUT2D eigenvalue weighted by molar-refractivity contribution is -0.173. The first kappa shape index (κ1) is 13.4. The Bertz CT molecular complexity index is 419. The molecular weight excluding hydrogens is 228 g/mol. The van der Waals surface area contributed by atoms with Crippen molar-refractivity contribution in [3.8, 4) is 0 Å². The molecule has 0 aliphatic carbocycles. The fourth-order valence-electron chi connectivity index (χ4n) is 1.43. The highest BCUT2D eigenvalue weighted by atomic mass is 19.3. The molecule has 1 aromatic rings. The van der Waals surface area contributed by atoms with Gasteiger partial charge in [-0.2, -0.15) is 8.78 Å². The third-order valence-corrected chi connectivity index (χ3v) is 2.40. The lowest BCUT2D eigenvalue weighted by Crippen LogP contribution is -2.29. The summed E-state index contributed by atoms with van der Waals surface area (Å²) in [6, 6.07) is 4.27. The number of carbonyl (C=O) groups is 1. The number of rotatable bonds is 4. The van der Waals surface area contributed by atoms with E-state index in [1.54, 1.807) is 6.07 Å². The molecule has 17 heavy (non-hydrogen) atoms. The van der Waals surface area contributed by atoms with Gasteiger partial charge in [-0.25, -0.2) is 4.79 Å². The molecule has 0 spiro atoms. The summed E-state index contributed by atoms with van der Waals surface area (Å²) in [6.07, 6.45) is 0.589. The molecule has 0 unspecified atom stereocenters. The largest absolute Gasteiger partial charge is 0.461 e. The zero-order valence-electron chi connectivity index (χ0n) is 9.80. The van der Waals surface area contributed by atoms with E-state index < -0.39 is 17.5 Å². The van der Waals surface area contributed by atoms with Crippen LogP contribution >= 0.6 is 0 Å². The second-order valence-electron chi connectivity index (χ2n) is 3.57. The summed E-state index contributed by atoms with van der Waals surface area (Å²) in [7, 11) is 0. The van der Waals surface area contributed by atoms with Gasteiger partial charge >= 0.3 is 11.9 Å². The number of nitrogen functional groups attached to an aromatic ring is 1. The summed E-state index contributed by atoms with van der Waals surface area (Å²) in [5, 5.41) is 0. The van der Waals surface area contributed by atoms with Crippen LogP contribution in [0.15, 0.2) is 18.2 Å². The summed E-state index contributed by atoms with van der Waals surface area (Å²) in [5.74, 6) is -5.27. The topological polar surface area (TPSA) is 52.3 Å². The van der Waals surface area contributed by atoms with Gasteiger partial charge in [0.15, 0.2) is 0 Å². The van der Waals surface area contributed by atoms with Crippen molar-refractivity contribution in [1.29, 1.82) is 0 Å². The predicted molar refractivity (Wildman–Crippen MR) is 60.8 cm³/mol. The van der Waals surface area contributed by atoms with Gasteiger partial charge in [0.05, 0.1) is 12.2 Å². The Balaban J connectivity index is 3.17. The lowest BCUT2D eigenvalue weighted by atomic mass is 10.0. The van der Waals surface area contributed by atoms with Crippen molar-refractivity contribution in [2.24, 2.45) is 0 Å². The van der Waals surface area contributed by atoms with E-state index in [0.29, 0.717) is 12.0 Å². The predicted octanol–water partition coefficient (Wildman–Crippen LogP) is 2.49. The maximum absolute atomic E-state index is 13.8. The van der Waals surface area contributed by atoms with Gasteiger partial charge in [-0.3, -0.25) is 0 Å². The maximum atomic E-state index is 13.8. The quantitative estimate of drug-likeness (QED) is 0.653. The Kier molecular flexibility index (Phi) is 4.04. The van der Waals surface area contributed by atoms with E-state index in [9.17, 15) is 13.6 Å². The Morgan fingerprint density at radius 1 is 1.41 bits per heavy atom. The third-order valence-electron chi connectivity index (χ3n) is 2.40. The summed E-state index contributed by atoms with van der Waals surface area (Å²) in [6.45, 7) is 3.21. The highest BCUT2D eigenvalue weighted by Crippen LogP contribution is 2.34. The minimum atomic E-state index is -3.70. The van der Waals surface area contributed by atoms with E-state index in [0.717, 1.165) is 0 Å². The Morgan fingerprint density at radius 2 is 2.06 bits per heavy atom. The number of esters is 1. The molecule has 3 nitrogen and oxygen atoms in total. The normalized spacial score (nSPS) is 11.3. The molecule has 0 fully saturated rings. The van der Waals surface area contributed by atoms with Crippen LogP contribution in [0.25, 0.3) is 0 Å². The number of halogens is 2. The highest BCUT2D eigenvalue weighted by Gasteiger charge is 2.44. The number of aryl methyl sites for hydroxylation is 1. The van der Waals surface area contributed by atoms with Crippen molar-refractivity contribution in [3.63, 3.8) is 0 Å². The molecule has 5 heteroatoms. The van der Waals surface area contributed by atoms with Crippen LogP contribution in [-0.2, 0) is 21.9 Å². The number of hydrogen-bond acceptors (Lipinski definition) is 3. The minimum absolute atomic E-state index is 0.0954. The lowest BCUT2D eigenvalue weighted by Gasteiger charge is -2.17. The van der Waals surface area contributed by atoms with Crippen molar-refractivity contribution in [2.75, 3.05) is 12.3 Å². The molecule has 0 aromatic heterocycles. The van der Waals surface area contributed by atoms with Crippen molar-refractivity contribution >= 4 is 11.7 Å². The molecule has 0 amide bonds. The van der Waals surface area contributed by atoms with E-state index in [-0.39, 0.29) is 12.3 Å². The standard InChI is InChI=1S/C12H15F2NO2/c1-3-8-5-6-10(15)9(7-8)12(13,14)11(16)17-4-2/h5-7H,3-4,15H2,1-2H3. The van der Waals surface area contributed by atoms with Crippen LogP contribution in [0.3, 0.4) is 0 Å². The fourth-order valence-corrected chi connectivity index (χ4v) is 1.43. The summed E-state index contributed by atoms with van der Waals surface area (Å²) in [5.41, 5.74) is 5.57. The van der Waals surface area contributed by atoms with Gasteiger partial charge in [-0.15, -0.1) is 0 Å². The number of benzene rings is 1. The monoisotopic (exact) mass is 243 g/mol. The molecule has 0 saturated heterocycles. The molecule has 1 aromatic carbocycles. The number of carbonyl (C=O) groups excluding carboxylic acids is 1. The zero-order chi connectivity index (χ0) is 13.1. The molecule has 1 rings (SSSR count). The van der Waals surface area contributed by atoms with Gasteiger partial charge in [-0.05, 0) is 31.0 Å². The molecule has 0 atom stereocenters.